The van der Waals surface area contributed by atoms with E-state index < -0.39 is 0 Å². The van der Waals surface area contributed by atoms with Crippen LogP contribution in [0.4, 0.5) is 0 Å². The van der Waals surface area contributed by atoms with Crippen LogP contribution in [0, 0.1) is 12.3 Å². The highest BCUT2D eigenvalue weighted by atomic mass is 16.5. The monoisotopic (exact) mass is 476 g/mol. The molecule has 2 heterocycles. The molecule has 35 heavy (non-hydrogen) atoms. The maximum absolute atomic E-state index is 13.1. The summed E-state index contributed by atoms with van der Waals surface area (Å²) in [6.07, 6.45) is 10.0. The lowest BCUT2D eigenvalue weighted by Gasteiger charge is -2.45. The molecule has 1 fully saturated rings. The van der Waals surface area contributed by atoms with Crippen LogP contribution in [0.3, 0.4) is 0 Å². The molecule has 2 aromatic rings. The molecule has 190 valence electrons. The van der Waals surface area contributed by atoms with Crippen LogP contribution < -0.4 is 4.74 Å². The van der Waals surface area contributed by atoms with E-state index in [4.69, 9.17) is 4.74 Å². The average molecular weight is 477 g/mol. The van der Waals surface area contributed by atoms with Crippen molar-refractivity contribution in [3.8, 4) is 5.75 Å². The van der Waals surface area contributed by atoms with Crippen LogP contribution in [-0.4, -0.2) is 55.0 Å². The Labute approximate surface area is 212 Å². The molecule has 4 heteroatoms. The number of carbonyl (C=O) groups excluding carboxylic acids is 1. The fraction of sp³-hybridized carbons (Fsp3) is 0.581. The lowest BCUT2D eigenvalue weighted by Crippen LogP contribution is -2.49. The summed E-state index contributed by atoms with van der Waals surface area (Å²) in [5.41, 5.74) is 4.02. The second kappa shape index (κ2) is 12.6. The number of nitrogens with zero attached hydrogens (tertiary/aromatic N) is 2. The molecule has 0 unspecified atom stereocenters. The van der Waals surface area contributed by atoms with Gasteiger partial charge in [0.25, 0.3) is 0 Å². The summed E-state index contributed by atoms with van der Waals surface area (Å²) in [6.45, 7) is 10.2. The van der Waals surface area contributed by atoms with E-state index in [1.54, 1.807) is 0 Å². The smallest absolute Gasteiger partial charge is 0.226 e. The van der Waals surface area contributed by atoms with Gasteiger partial charge < -0.3 is 9.64 Å². The average Bonchev–Trinajstić information content (AvgIpc) is 2.87. The van der Waals surface area contributed by atoms with Crippen molar-refractivity contribution in [3.63, 3.8) is 0 Å². The summed E-state index contributed by atoms with van der Waals surface area (Å²) in [6, 6.07) is 17.0. The lowest BCUT2D eigenvalue weighted by molar-refractivity contribution is -0.133. The van der Waals surface area contributed by atoms with Gasteiger partial charge in [0.15, 0.2) is 0 Å². The van der Waals surface area contributed by atoms with E-state index in [1.807, 2.05) is 0 Å². The summed E-state index contributed by atoms with van der Waals surface area (Å²) >= 11 is 0. The molecule has 4 rings (SSSR count). The number of fused-ring (bicyclic) bond motifs is 1. The first-order chi connectivity index (χ1) is 17.1. The zero-order valence-electron chi connectivity index (χ0n) is 21.9. The van der Waals surface area contributed by atoms with Crippen LogP contribution in [0.1, 0.15) is 68.6 Å². The van der Waals surface area contributed by atoms with Gasteiger partial charge in [0.1, 0.15) is 12.4 Å². The van der Waals surface area contributed by atoms with Crippen LogP contribution >= 0.6 is 0 Å². The molecule has 0 aliphatic carbocycles. The molecule has 0 aromatic heterocycles. The number of likely N-dealkylation sites (tertiary alicyclic amines) is 1. The molecule has 0 saturated carbocycles. The number of ether oxygens (including phenoxy) is 1. The minimum atomic E-state index is 0.282. The number of piperidine rings is 1. The molecular formula is C31H44N2O2. The van der Waals surface area contributed by atoms with E-state index in [0.29, 0.717) is 11.8 Å². The zero-order valence-corrected chi connectivity index (χ0v) is 21.9. The quantitative estimate of drug-likeness (QED) is 0.526. The predicted molar refractivity (Wildman–Crippen MR) is 144 cm³/mol. The fourth-order valence-corrected chi connectivity index (χ4v) is 5.79. The molecule has 0 N–H and O–H groups in total. The summed E-state index contributed by atoms with van der Waals surface area (Å²) in [4.78, 5) is 17.8. The molecule has 2 aliphatic rings. The third-order valence-corrected chi connectivity index (χ3v) is 8.08. The number of aryl methyl sites for hydroxylation is 2. The molecule has 0 atom stereocenters. The Morgan fingerprint density at radius 3 is 2.51 bits per heavy atom. The number of amides is 1. The number of carbonyl (C=O) groups is 1. The Hall–Kier alpha value is -2.33. The largest absolute Gasteiger partial charge is 0.492 e. The van der Waals surface area contributed by atoms with Crippen molar-refractivity contribution < 1.29 is 9.53 Å². The predicted octanol–water partition coefficient (Wildman–Crippen LogP) is 6.05. The first-order valence-corrected chi connectivity index (χ1v) is 13.8. The van der Waals surface area contributed by atoms with Gasteiger partial charge in [-0.3, -0.25) is 9.69 Å². The number of benzene rings is 2. The maximum atomic E-state index is 13.1. The van der Waals surface area contributed by atoms with Crippen LogP contribution in [0.15, 0.2) is 48.5 Å². The van der Waals surface area contributed by atoms with Crippen LogP contribution in [-0.2, 0) is 17.6 Å². The van der Waals surface area contributed by atoms with Gasteiger partial charge >= 0.3 is 0 Å². The van der Waals surface area contributed by atoms with Gasteiger partial charge in [0, 0.05) is 26.2 Å². The standard InChI is InChI=1S/C31H44N2O2/c1-3-4-19-32-22-23-35-29-11-6-5-9-28(29)10-7-8-16-31(25-32)17-20-33(21-18-31)30(34)24-27-14-12-26(2)13-15-27/h5-6,9,11-15H,3-4,7-8,10,16-25H2,1-2H3. The Morgan fingerprint density at radius 1 is 0.971 bits per heavy atom. The highest BCUT2D eigenvalue weighted by molar-refractivity contribution is 5.78. The van der Waals surface area contributed by atoms with Gasteiger partial charge in [-0.2, -0.15) is 0 Å². The molecule has 1 amide bonds. The van der Waals surface area contributed by atoms with Gasteiger partial charge in [0.2, 0.25) is 5.91 Å². The number of rotatable bonds is 5. The van der Waals surface area contributed by atoms with Crippen LogP contribution in [0.5, 0.6) is 5.75 Å². The SMILES string of the molecule is CCCCN1CCOc2ccccc2CCCCC2(CCN(C(=O)Cc3ccc(C)cc3)CC2)C1. The highest BCUT2D eigenvalue weighted by Gasteiger charge is 2.37. The second-order valence-electron chi connectivity index (χ2n) is 10.8. The zero-order chi connectivity index (χ0) is 24.5. The first-order valence-electron chi connectivity index (χ1n) is 13.8. The highest BCUT2D eigenvalue weighted by Crippen LogP contribution is 2.38. The van der Waals surface area contributed by atoms with Crippen molar-refractivity contribution in [1.29, 1.82) is 0 Å². The molecule has 2 aromatic carbocycles. The Balaban J connectivity index is 1.40. The van der Waals surface area contributed by atoms with E-state index >= 15 is 0 Å². The lowest BCUT2D eigenvalue weighted by atomic mass is 9.73. The van der Waals surface area contributed by atoms with Gasteiger partial charge in [0.05, 0.1) is 6.42 Å². The van der Waals surface area contributed by atoms with Gasteiger partial charge in [-0.05, 0) is 74.6 Å². The van der Waals surface area contributed by atoms with Crippen LogP contribution in [0.2, 0.25) is 0 Å². The maximum Gasteiger partial charge on any atom is 0.226 e. The van der Waals surface area contributed by atoms with E-state index in [0.717, 1.165) is 69.9 Å². The van der Waals surface area contributed by atoms with Crippen molar-refractivity contribution in [2.45, 2.75) is 71.6 Å². The Kier molecular flexibility index (Phi) is 9.25. The number of hydrogen-bond donors (Lipinski definition) is 0. The van der Waals surface area contributed by atoms with Gasteiger partial charge in [-0.25, -0.2) is 0 Å². The normalized spacial score (nSPS) is 19.3. The van der Waals surface area contributed by atoms with E-state index in [-0.39, 0.29) is 5.91 Å². The molecule has 1 saturated heterocycles. The van der Waals surface area contributed by atoms with Crippen LogP contribution in [0.25, 0.3) is 0 Å². The summed E-state index contributed by atoms with van der Waals surface area (Å²) in [7, 11) is 0. The number of para-hydroxylation sites is 1. The molecule has 2 aliphatic heterocycles. The van der Waals surface area contributed by atoms with Gasteiger partial charge in [-0.15, -0.1) is 0 Å². The summed E-state index contributed by atoms with van der Waals surface area (Å²) in [5, 5.41) is 0. The topological polar surface area (TPSA) is 32.8 Å². The van der Waals surface area contributed by atoms with Crippen molar-refractivity contribution in [3.05, 3.63) is 65.2 Å². The Bertz CT molecular complexity index is 931. The fourth-order valence-electron chi connectivity index (χ4n) is 5.79. The van der Waals surface area contributed by atoms with Crippen molar-refractivity contribution in [1.82, 2.24) is 9.80 Å². The molecule has 0 radical (unpaired) electrons. The van der Waals surface area contributed by atoms with Crippen molar-refractivity contribution in [2.75, 3.05) is 39.3 Å². The van der Waals surface area contributed by atoms with Crippen molar-refractivity contribution in [2.24, 2.45) is 5.41 Å². The first kappa shape index (κ1) is 25.8. The minimum Gasteiger partial charge on any atom is -0.492 e. The third-order valence-electron chi connectivity index (χ3n) is 8.08. The van der Waals surface area contributed by atoms with E-state index in [1.165, 1.54) is 43.2 Å². The molecule has 1 spiro atoms. The Morgan fingerprint density at radius 2 is 1.74 bits per heavy atom. The molecule has 0 bridgehead atoms. The van der Waals surface area contributed by atoms with E-state index in [2.05, 4.69) is 72.2 Å². The molecular weight excluding hydrogens is 432 g/mol. The number of hydrogen-bond acceptors (Lipinski definition) is 3. The minimum absolute atomic E-state index is 0.282. The molecule has 4 nitrogen and oxygen atoms in total. The van der Waals surface area contributed by atoms with Crippen molar-refractivity contribution >= 4 is 5.91 Å². The summed E-state index contributed by atoms with van der Waals surface area (Å²) in [5.74, 6) is 1.35. The second-order valence-corrected chi connectivity index (χ2v) is 10.8. The number of unbranched alkanes of at least 4 members (excludes halogenated alkanes) is 1. The van der Waals surface area contributed by atoms with E-state index in [9.17, 15) is 4.79 Å². The van der Waals surface area contributed by atoms with Gasteiger partial charge in [-0.1, -0.05) is 67.8 Å². The summed E-state index contributed by atoms with van der Waals surface area (Å²) < 4.78 is 6.26. The third kappa shape index (κ3) is 7.33.